The highest BCUT2D eigenvalue weighted by Gasteiger charge is 2.65. The van der Waals surface area contributed by atoms with Gasteiger partial charge in [-0.15, -0.1) is 0 Å². The molecule has 3 heterocycles. The molecule has 2 aromatic heterocycles. The molecule has 1 saturated heterocycles. The van der Waals surface area contributed by atoms with Gasteiger partial charge in [-0.25, -0.2) is 28.3 Å². The number of anilines is 1. The molecule has 2 N–H and O–H groups in total. The maximum atomic E-state index is 16.3. The van der Waals surface area contributed by atoms with Crippen LogP contribution in [0, 0.1) is 6.92 Å². The smallest absolute Gasteiger partial charge is 0.459 e. The molecule has 3 aromatic rings. The number of para-hydroxylation sites is 1. The normalized spacial score (nSPS) is 25.9. The second-order valence-corrected chi connectivity index (χ2v) is 12.4. The van der Waals surface area contributed by atoms with E-state index in [1.165, 1.54) is 30.0 Å². The van der Waals surface area contributed by atoms with Crippen LogP contribution in [0.3, 0.4) is 0 Å². The van der Waals surface area contributed by atoms with Crippen LogP contribution in [0.1, 0.15) is 46.7 Å². The number of aliphatic hydroxyl groups excluding tert-OH is 1. The van der Waals surface area contributed by atoms with E-state index < -0.39 is 56.3 Å². The number of ether oxygens (including phenoxy) is 2. The Balaban J connectivity index is 1.63. The molecule has 0 saturated carbocycles. The average molecular weight is 627 g/mol. The Bertz CT molecular complexity index is 1490. The third-order valence-electron chi connectivity index (χ3n) is 6.79. The molecular weight excluding hydrogens is 589 g/mol. The number of aliphatic hydroxyl groups is 1. The van der Waals surface area contributed by atoms with E-state index in [0.29, 0.717) is 23.7 Å². The van der Waals surface area contributed by atoms with Crippen molar-refractivity contribution in [3.05, 3.63) is 42.5 Å². The van der Waals surface area contributed by atoms with Gasteiger partial charge in [-0.05, 0) is 53.7 Å². The first kappa shape index (κ1) is 32.7. The van der Waals surface area contributed by atoms with Crippen molar-refractivity contribution < 1.29 is 41.8 Å². The number of hydrogen-bond donors (Lipinski definition) is 2. The maximum absolute atomic E-state index is 16.3. The van der Waals surface area contributed by atoms with Crippen LogP contribution in [0.15, 0.2) is 36.7 Å². The minimum Gasteiger partial charge on any atom is -0.462 e. The van der Waals surface area contributed by atoms with Crippen LogP contribution in [-0.4, -0.2) is 80.6 Å². The van der Waals surface area contributed by atoms with Gasteiger partial charge in [-0.2, -0.15) is 5.09 Å². The summed E-state index contributed by atoms with van der Waals surface area (Å²) in [5, 5.41) is 13.3. The lowest BCUT2D eigenvalue weighted by Gasteiger charge is -2.28. The topological polar surface area (TPSA) is 150 Å². The average Bonchev–Trinajstić information content (AvgIpc) is 3.43. The van der Waals surface area contributed by atoms with Gasteiger partial charge in [-0.1, -0.05) is 18.2 Å². The maximum Gasteiger partial charge on any atom is 0.459 e. The van der Waals surface area contributed by atoms with E-state index >= 15 is 8.78 Å². The molecule has 0 spiro atoms. The highest BCUT2D eigenvalue weighted by molar-refractivity contribution is 7.52. The molecular formula is C27H37F2N6O7P. The fourth-order valence-corrected chi connectivity index (χ4v) is 5.97. The second kappa shape index (κ2) is 12.4. The number of aryl methyl sites for hydroxylation is 1. The van der Waals surface area contributed by atoms with Crippen LogP contribution < -0.4 is 14.5 Å². The summed E-state index contributed by atoms with van der Waals surface area (Å²) in [6.07, 6.45) is -3.40. The van der Waals surface area contributed by atoms with Gasteiger partial charge in [0.15, 0.2) is 35.0 Å². The minimum absolute atomic E-state index is 0.0737. The Hall–Kier alpha value is -3.23. The van der Waals surface area contributed by atoms with Crippen molar-refractivity contribution in [1.29, 1.82) is 0 Å². The summed E-state index contributed by atoms with van der Waals surface area (Å²) < 4.78 is 68.9. The number of imidazole rings is 1. The molecule has 0 bridgehead atoms. The van der Waals surface area contributed by atoms with Crippen LogP contribution in [0.4, 0.5) is 14.6 Å². The Morgan fingerprint density at radius 3 is 2.56 bits per heavy atom. The predicted octanol–water partition coefficient (Wildman–Crippen LogP) is 4.01. The summed E-state index contributed by atoms with van der Waals surface area (Å²) in [4.78, 5) is 27.3. The van der Waals surface area contributed by atoms with Gasteiger partial charge in [0.25, 0.3) is 5.85 Å². The van der Waals surface area contributed by atoms with Gasteiger partial charge >= 0.3 is 13.7 Å². The molecule has 1 aromatic carbocycles. The van der Waals surface area contributed by atoms with E-state index in [2.05, 4.69) is 20.0 Å². The monoisotopic (exact) mass is 626 g/mol. The number of nitrogens with one attached hydrogen (secondary N) is 1. The summed E-state index contributed by atoms with van der Waals surface area (Å²) in [6, 6.07) is 6.60. The molecule has 236 valence electrons. The Labute approximate surface area is 248 Å². The molecule has 1 aliphatic rings. The second-order valence-electron chi connectivity index (χ2n) is 10.8. The lowest BCUT2D eigenvalue weighted by Crippen LogP contribution is -2.47. The lowest BCUT2D eigenvalue weighted by atomic mass is 9.97. The summed E-state index contributed by atoms with van der Waals surface area (Å²) in [5.41, 5.74) is -2.25. The fourth-order valence-electron chi connectivity index (χ4n) is 4.47. The number of hydrogen-bond acceptors (Lipinski definition) is 11. The standard InChI is InChI=1S/C27H37F2N6O7P/c1-8-34(7)21-20-22(32-18(5)31-21)35(15-30-20)25-26(6,28)24(37)27(29,41-25)14-39-43(38,42-19-12-10-9-11-13-19)33-17(4)23(36)40-16(2)3/h9-13,15-17,24-25,37H,8,14H2,1-7H3,(H,33,38)/t17-,24-,25+,26+,27+,43?/m0/s1. The highest BCUT2D eigenvalue weighted by atomic mass is 31.2. The van der Waals surface area contributed by atoms with E-state index in [0.717, 1.165) is 6.92 Å². The number of esters is 1. The van der Waals surface area contributed by atoms with Crippen LogP contribution in [-0.2, 0) is 23.4 Å². The van der Waals surface area contributed by atoms with Gasteiger partial charge in [0.1, 0.15) is 24.2 Å². The van der Waals surface area contributed by atoms with Crippen molar-refractivity contribution in [2.45, 2.75) is 77.5 Å². The number of alkyl halides is 2. The molecule has 0 aliphatic carbocycles. The quantitative estimate of drug-likeness (QED) is 0.221. The van der Waals surface area contributed by atoms with Crippen LogP contribution in [0.25, 0.3) is 11.2 Å². The third-order valence-corrected chi connectivity index (χ3v) is 8.42. The first-order valence-corrected chi connectivity index (χ1v) is 15.3. The summed E-state index contributed by atoms with van der Waals surface area (Å²) in [7, 11) is -2.76. The number of carbonyl (C=O) groups excluding carboxylic acids is 1. The van der Waals surface area contributed by atoms with Gasteiger partial charge < -0.3 is 24.0 Å². The number of aromatic nitrogens is 4. The number of fused-ring (bicyclic) bond motifs is 1. The third kappa shape index (κ3) is 6.80. The largest absolute Gasteiger partial charge is 0.462 e. The van der Waals surface area contributed by atoms with Crippen molar-refractivity contribution in [3.63, 3.8) is 0 Å². The number of nitrogens with zero attached hydrogens (tertiary/aromatic N) is 5. The molecule has 0 radical (unpaired) electrons. The SMILES string of the molecule is CCN(C)c1nc(C)nc2c1ncn2[C@@H]1O[C@](F)(COP(=O)(N[C@@H](C)C(=O)OC(C)C)Oc2ccccc2)[C@@H](O)[C@@]1(C)F. The molecule has 0 amide bonds. The lowest BCUT2D eigenvalue weighted by molar-refractivity contribution is -0.202. The van der Waals surface area contributed by atoms with E-state index in [-0.39, 0.29) is 11.4 Å². The predicted molar refractivity (Wildman–Crippen MR) is 153 cm³/mol. The summed E-state index contributed by atoms with van der Waals surface area (Å²) >= 11 is 0. The minimum atomic E-state index is -4.55. The molecule has 1 unspecified atom stereocenters. The van der Waals surface area contributed by atoms with Crippen LogP contribution >= 0.6 is 7.75 Å². The number of rotatable bonds is 12. The molecule has 4 rings (SSSR count). The molecule has 6 atom stereocenters. The van der Waals surface area contributed by atoms with Crippen molar-refractivity contribution in [2.75, 3.05) is 25.1 Å². The van der Waals surface area contributed by atoms with E-state index in [1.54, 1.807) is 46.0 Å². The first-order valence-electron chi connectivity index (χ1n) is 13.7. The molecule has 43 heavy (non-hydrogen) atoms. The van der Waals surface area contributed by atoms with Gasteiger partial charge in [-0.3, -0.25) is 13.9 Å². The zero-order chi connectivity index (χ0) is 31.7. The first-order chi connectivity index (χ1) is 20.1. The van der Waals surface area contributed by atoms with Crippen molar-refractivity contribution in [3.8, 4) is 5.75 Å². The van der Waals surface area contributed by atoms with Gasteiger partial charge in [0, 0.05) is 13.6 Å². The highest BCUT2D eigenvalue weighted by Crippen LogP contribution is 2.52. The summed E-state index contributed by atoms with van der Waals surface area (Å²) in [5.74, 6) is -3.07. The van der Waals surface area contributed by atoms with E-state index in [9.17, 15) is 14.5 Å². The zero-order valence-corrected chi connectivity index (χ0v) is 25.9. The van der Waals surface area contributed by atoms with E-state index in [1.807, 2.05) is 11.8 Å². The van der Waals surface area contributed by atoms with E-state index in [4.69, 9.17) is 18.5 Å². The molecule has 13 nitrogen and oxygen atoms in total. The summed E-state index contributed by atoms with van der Waals surface area (Å²) in [6.45, 7) is 8.50. The number of carbonyl (C=O) groups is 1. The van der Waals surface area contributed by atoms with Crippen molar-refractivity contribution in [2.24, 2.45) is 0 Å². The fraction of sp³-hybridized carbons (Fsp3) is 0.556. The number of benzene rings is 1. The van der Waals surface area contributed by atoms with Crippen molar-refractivity contribution in [1.82, 2.24) is 24.6 Å². The van der Waals surface area contributed by atoms with Crippen LogP contribution in [0.2, 0.25) is 0 Å². The molecule has 1 fully saturated rings. The van der Waals surface area contributed by atoms with Crippen LogP contribution in [0.5, 0.6) is 5.75 Å². The molecule has 1 aliphatic heterocycles. The van der Waals surface area contributed by atoms with Gasteiger partial charge in [0.05, 0.1) is 12.4 Å². The molecule has 16 heteroatoms. The number of halogens is 2. The Morgan fingerprint density at radius 2 is 1.93 bits per heavy atom. The Kier molecular flexibility index (Phi) is 9.43. The van der Waals surface area contributed by atoms with Gasteiger partial charge in [0.2, 0.25) is 0 Å². The van der Waals surface area contributed by atoms with Crippen molar-refractivity contribution >= 4 is 30.7 Å². The zero-order valence-electron chi connectivity index (χ0n) is 25.0. The Morgan fingerprint density at radius 1 is 1.26 bits per heavy atom.